The summed E-state index contributed by atoms with van der Waals surface area (Å²) in [4.78, 5) is 0. The van der Waals surface area contributed by atoms with Crippen LogP contribution in [0.15, 0.2) is 30.9 Å². The highest BCUT2D eigenvalue weighted by atomic mass is 16.5. The zero-order valence-corrected chi connectivity index (χ0v) is 9.33. The molecule has 82 valence electrons. The Morgan fingerprint density at radius 2 is 2.27 bits per heavy atom. The molecule has 0 aromatic heterocycles. The number of ether oxygens (including phenoxy) is 1. The molecular formula is C13H19NO. The van der Waals surface area contributed by atoms with Crippen molar-refractivity contribution in [3.63, 3.8) is 0 Å². The molecule has 1 rings (SSSR count). The van der Waals surface area contributed by atoms with Crippen LogP contribution in [0.4, 0.5) is 0 Å². The molecule has 2 heteroatoms. The van der Waals surface area contributed by atoms with Gasteiger partial charge in [0, 0.05) is 12.1 Å². The molecule has 1 aromatic rings. The highest BCUT2D eigenvalue weighted by molar-refractivity contribution is 5.36. The Morgan fingerprint density at radius 1 is 1.47 bits per heavy atom. The van der Waals surface area contributed by atoms with Crippen molar-refractivity contribution in [2.45, 2.75) is 26.3 Å². The molecule has 0 fully saturated rings. The van der Waals surface area contributed by atoms with Crippen LogP contribution in [0.25, 0.3) is 0 Å². The smallest absolute Gasteiger partial charge is 0.123 e. The molecule has 0 atom stereocenters. The Hall–Kier alpha value is -1.28. The molecule has 0 unspecified atom stereocenters. The van der Waals surface area contributed by atoms with Crippen LogP contribution in [0.2, 0.25) is 0 Å². The first-order valence-electron chi connectivity index (χ1n) is 5.31. The largest absolute Gasteiger partial charge is 0.493 e. The molecule has 0 spiro atoms. The van der Waals surface area contributed by atoms with Crippen LogP contribution < -0.4 is 10.5 Å². The van der Waals surface area contributed by atoms with Crippen molar-refractivity contribution >= 4 is 0 Å². The molecule has 0 saturated carbocycles. The van der Waals surface area contributed by atoms with E-state index in [1.54, 1.807) is 0 Å². The van der Waals surface area contributed by atoms with E-state index in [0.717, 1.165) is 30.8 Å². The van der Waals surface area contributed by atoms with Crippen molar-refractivity contribution in [1.29, 1.82) is 0 Å². The average Bonchev–Trinajstić information content (AvgIpc) is 2.26. The zero-order valence-electron chi connectivity index (χ0n) is 9.33. The first-order valence-corrected chi connectivity index (χ1v) is 5.31. The lowest BCUT2D eigenvalue weighted by molar-refractivity contribution is 0.309. The maximum Gasteiger partial charge on any atom is 0.123 e. The Labute approximate surface area is 91.7 Å². The molecule has 15 heavy (non-hydrogen) atoms. The summed E-state index contributed by atoms with van der Waals surface area (Å²) in [6.07, 6.45) is 3.90. The van der Waals surface area contributed by atoms with E-state index in [4.69, 9.17) is 10.5 Å². The Kier molecular flexibility index (Phi) is 4.91. The van der Waals surface area contributed by atoms with Crippen molar-refractivity contribution in [3.05, 3.63) is 42.0 Å². The van der Waals surface area contributed by atoms with Gasteiger partial charge in [-0.1, -0.05) is 23.8 Å². The van der Waals surface area contributed by atoms with E-state index >= 15 is 0 Å². The van der Waals surface area contributed by atoms with E-state index in [2.05, 4.69) is 19.6 Å². The number of hydrogen-bond acceptors (Lipinski definition) is 2. The van der Waals surface area contributed by atoms with Gasteiger partial charge in [0.25, 0.3) is 0 Å². The maximum atomic E-state index is 5.66. The highest BCUT2D eigenvalue weighted by Gasteiger charge is 2.01. The van der Waals surface area contributed by atoms with Gasteiger partial charge in [-0.25, -0.2) is 0 Å². The third-order valence-corrected chi connectivity index (χ3v) is 2.25. The summed E-state index contributed by atoms with van der Waals surface area (Å²) < 4.78 is 5.66. The number of benzene rings is 1. The summed E-state index contributed by atoms with van der Waals surface area (Å²) >= 11 is 0. The lowest BCUT2D eigenvalue weighted by Gasteiger charge is -2.10. The van der Waals surface area contributed by atoms with E-state index in [-0.39, 0.29) is 0 Å². The molecule has 2 nitrogen and oxygen atoms in total. The summed E-state index contributed by atoms with van der Waals surface area (Å²) in [5.74, 6) is 0.909. The summed E-state index contributed by atoms with van der Waals surface area (Å²) in [6, 6.07) is 6.11. The van der Waals surface area contributed by atoms with E-state index in [9.17, 15) is 0 Å². The van der Waals surface area contributed by atoms with Gasteiger partial charge in [-0.3, -0.25) is 0 Å². The summed E-state index contributed by atoms with van der Waals surface area (Å²) in [6.45, 7) is 6.98. The summed E-state index contributed by atoms with van der Waals surface area (Å²) in [5.41, 5.74) is 7.95. The molecule has 0 aliphatic heterocycles. The van der Waals surface area contributed by atoms with Gasteiger partial charge in [0.2, 0.25) is 0 Å². The first-order chi connectivity index (χ1) is 7.27. The Balaban J connectivity index is 2.55. The lowest BCUT2D eigenvalue weighted by Crippen LogP contribution is -2.04. The third kappa shape index (κ3) is 3.76. The van der Waals surface area contributed by atoms with Gasteiger partial charge >= 0.3 is 0 Å². The van der Waals surface area contributed by atoms with Crippen molar-refractivity contribution in [2.75, 3.05) is 6.61 Å². The first kappa shape index (κ1) is 11.8. The predicted molar refractivity (Wildman–Crippen MR) is 64.0 cm³/mol. The van der Waals surface area contributed by atoms with Crippen molar-refractivity contribution in [2.24, 2.45) is 5.73 Å². The average molecular weight is 205 g/mol. The molecule has 0 amide bonds. The number of rotatable bonds is 6. The number of unbranched alkanes of at least 4 members (excludes halogenated alkanes) is 1. The minimum atomic E-state index is 0.526. The fourth-order valence-electron chi connectivity index (χ4n) is 1.42. The normalized spacial score (nSPS) is 10.0. The topological polar surface area (TPSA) is 35.2 Å². The second kappa shape index (κ2) is 6.25. The zero-order chi connectivity index (χ0) is 11.1. The second-order valence-electron chi connectivity index (χ2n) is 3.59. The van der Waals surface area contributed by atoms with Gasteiger partial charge < -0.3 is 10.5 Å². The van der Waals surface area contributed by atoms with Crippen LogP contribution in [0, 0.1) is 6.92 Å². The predicted octanol–water partition coefficient (Wildman–Crippen LogP) is 2.80. The Morgan fingerprint density at radius 3 is 2.93 bits per heavy atom. The molecule has 0 saturated heterocycles. The van der Waals surface area contributed by atoms with Crippen LogP contribution in [-0.2, 0) is 6.54 Å². The monoisotopic (exact) mass is 205 g/mol. The van der Waals surface area contributed by atoms with Gasteiger partial charge in [-0.2, -0.15) is 0 Å². The number of nitrogens with two attached hydrogens (primary N) is 1. The van der Waals surface area contributed by atoms with Crippen LogP contribution in [0.3, 0.4) is 0 Å². The molecular weight excluding hydrogens is 186 g/mol. The van der Waals surface area contributed by atoms with Crippen molar-refractivity contribution in [3.8, 4) is 5.75 Å². The summed E-state index contributed by atoms with van der Waals surface area (Å²) in [5, 5.41) is 0. The standard InChI is InChI=1S/C13H19NO/c1-3-4-5-8-15-13-7-6-11(2)9-12(13)10-14/h3,6-7,9H,1,4-5,8,10,14H2,2H3. The highest BCUT2D eigenvalue weighted by Crippen LogP contribution is 2.19. The summed E-state index contributed by atoms with van der Waals surface area (Å²) in [7, 11) is 0. The van der Waals surface area contributed by atoms with Crippen LogP contribution in [0.1, 0.15) is 24.0 Å². The molecule has 2 N–H and O–H groups in total. The van der Waals surface area contributed by atoms with Crippen LogP contribution in [-0.4, -0.2) is 6.61 Å². The van der Waals surface area contributed by atoms with Gasteiger partial charge in [0.1, 0.15) is 5.75 Å². The maximum absolute atomic E-state index is 5.66. The van der Waals surface area contributed by atoms with Crippen molar-refractivity contribution in [1.82, 2.24) is 0 Å². The van der Waals surface area contributed by atoms with Gasteiger partial charge in [-0.15, -0.1) is 6.58 Å². The fraction of sp³-hybridized carbons (Fsp3) is 0.385. The van der Waals surface area contributed by atoms with Crippen molar-refractivity contribution < 1.29 is 4.74 Å². The van der Waals surface area contributed by atoms with E-state index in [1.807, 2.05) is 18.2 Å². The van der Waals surface area contributed by atoms with Gasteiger partial charge in [0.15, 0.2) is 0 Å². The molecule has 0 radical (unpaired) electrons. The number of aryl methyl sites for hydroxylation is 1. The minimum absolute atomic E-state index is 0.526. The molecule has 0 bridgehead atoms. The lowest BCUT2D eigenvalue weighted by atomic mass is 10.1. The molecule has 1 aromatic carbocycles. The van der Waals surface area contributed by atoms with Gasteiger partial charge in [-0.05, 0) is 25.8 Å². The number of allylic oxidation sites excluding steroid dienone is 1. The van der Waals surface area contributed by atoms with E-state index < -0.39 is 0 Å². The quantitative estimate of drug-likeness (QED) is 0.572. The van der Waals surface area contributed by atoms with E-state index in [0.29, 0.717) is 6.54 Å². The third-order valence-electron chi connectivity index (χ3n) is 2.25. The molecule has 0 heterocycles. The Bertz CT molecular complexity index is 320. The van der Waals surface area contributed by atoms with Gasteiger partial charge in [0.05, 0.1) is 6.61 Å². The second-order valence-corrected chi connectivity index (χ2v) is 3.59. The van der Waals surface area contributed by atoms with E-state index in [1.165, 1.54) is 5.56 Å². The SMILES string of the molecule is C=CCCCOc1ccc(C)cc1CN. The van der Waals surface area contributed by atoms with Crippen LogP contribution in [0.5, 0.6) is 5.75 Å². The van der Waals surface area contributed by atoms with Crippen LogP contribution >= 0.6 is 0 Å². The molecule has 0 aliphatic carbocycles. The fourth-order valence-corrected chi connectivity index (χ4v) is 1.42. The number of hydrogen-bond donors (Lipinski definition) is 1. The minimum Gasteiger partial charge on any atom is -0.493 e. The molecule has 0 aliphatic rings.